The quantitative estimate of drug-likeness (QED) is 0.227. The summed E-state index contributed by atoms with van der Waals surface area (Å²) in [5.41, 5.74) is 1.19. The van der Waals surface area contributed by atoms with Crippen molar-refractivity contribution in [3.63, 3.8) is 0 Å². The van der Waals surface area contributed by atoms with Crippen LogP contribution in [0.5, 0.6) is 0 Å². The summed E-state index contributed by atoms with van der Waals surface area (Å²) >= 11 is 0. The third kappa shape index (κ3) is 8.52. The van der Waals surface area contributed by atoms with Gasteiger partial charge in [-0.2, -0.15) is 0 Å². The van der Waals surface area contributed by atoms with Gasteiger partial charge in [0.15, 0.2) is 5.96 Å². The Morgan fingerprint density at radius 2 is 1.90 bits per heavy atom. The van der Waals surface area contributed by atoms with Crippen LogP contribution in [0, 0.1) is 0 Å². The minimum atomic E-state index is 0. The number of pyridine rings is 1. The van der Waals surface area contributed by atoms with Crippen molar-refractivity contribution in [3.8, 4) is 0 Å². The topological polar surface area (TPSA) is 68.3 Å². The van der Waals surface area contributed by atoms with Crippen molar-refractivity contribution in [2.75, 3.05) is 84.1 Å². The van der Waals surface area contributed by atoms with Gasteiger partial charge in [-0.15, -0.1) is 24.0 Å². The van der Waals surface area contributed by atoms with Crippen LogP contribution in [0.15, 0.2) is 23.3 Å². The molecule has 2 aliphatic rings. The van der Waals surface area contributed by atoms with Gasteiger partial charge in [0.1, 0.15) is 5.82 Å². The first-order valence-electron chi connectivity index (χ1n) is 11.0. The van der Waals surface area contributed by atoms with Crippen molar-refractivity contribution in [1.82, 2.24) is 25.4 Å². The minimum Gasteiger partial charge on any atom is -0.379 e. The van der Waals surface area contributed by atoms with Crippen LogP contribution in [0.2, 0.25) is 0 Å². The predicted molar refractivity (Wildman–Crippen MR) is 134 cm³/mol. The molecule has 30 heavy (non-hydrogen) atoms. The lowest BCUT2D eigenvalue weighted by Crippen LogP contribution is -2.44. The van der Waals surface area contributed by atoms with Crippen molar-refractivity contribution < 1.29 is 4.74 Å². The molecule has 3 rings (SSSR count). The van der Waals surface area contributed by atoms with Gasteiger partial charge in [-0.1, -0.05) is 0 Å². The molecular formula is C21H38IN7O. The van der Waals surface area contributed by atoms with E-state index in [1.54, 1.807) is 0 Å². The Morgan fingerprint density at radius 3 is 2.63 bits per heavy atom. The number of guanidine groups is 1. The first kappa shape index (κ1) is 25.1. The maximum absolute atomic E-state index is 5.41. The highest BCUT2D eigenvalue weighted by Crippen LogP contribution is 2.15. The second-order valence-corrected chi connectivity index (χ2v) is 7.74. The Bertz CT molecular complexity index is 632. The Morgan fingerprint density at radius 1 is 1.13 bits per heavy atom. The van der Waals surface area contributed by atoms with E-state index in [9.17, 15) is 0 Å². The van der Waals surface area contributed by atoms with Gasteiger partial charge in [-0.3, -0.25) is 4.90 Å². The fourth-order valence-corrected chi connectivity index (χ4v) is 3.61. The number of hydrogen-bond acceptors (Lipinski definition) is 6. The number of halogens is 1. The van der Waals surface area contributed by atoms with Gasteiger partial charge >= 0.3 is 0 Å². The van der Waals surface area contributed by atoms with Crippen LogP contribution in [0.4, 0.5) is 5.82 Å². The second kappa shape index (κ2) is 14.0. The summed E-state index contributed by atoms with van der Waals surface area (Å²) < 4.78 is 5.41. The Labute approximate surface area is 198 Å². The molecule has 0 unspecified atom stereocenters. The van der Waals surface area contributed by atoms with E-state index >= 15 is 0 Å². The highest BCUT2D eigenvalue weighted by Gasteiger charge is 2.15. The van der Waals surface area contributed by atoms with Crippen LogP contribution >= 0.6 is 24.0 Å². The molecule has 170 valence electrons. The van der Waals surface area contributed by atoms with Crippen LogP contribution in [0.25, 0.3) is 0 Å². The Balaban J connectivity index is 0.00000320. The second-order valence-electron chi connectivity index (χ2n) is 7.74. The van der Waals surface area contributed by atoms with E-state index in [0.717, 1.165) is 90.3 Å². The van der Waals surface area contributed by atoms with Crippen molar-refractivity contribution >= 4 is 35.8 Å². The normalized spacial score (nSPS) is 18.7. The van der Waals surface area contributed by atoms with Gasteiger partial charge < -0.3 is 25.2 Å². The van der Waals surface area contributed by atoms with Crippen LogP contribution in [0.3, 0.4) is 0 Å². The van der Waals surface area contributed by atoms with Crippen molar-refractivity contribution in [2.24, 2.45) is 4.99 Å². The largest absolute Gasteiger partial charge is 0.379 e. The average Bonchev–Trinajstić information content (AvgIpc) is 2.76. The number of rotatable bonds is 8. The zero-order chi connectivity index (χ0) is 20.3. The molecule has 2 saturated heterocycles. The summed E-state index contributed by atoms with van der Waals surface area (Å²) in [6.45, 7) is 13.7. The van der Waals surface area contributed by atoms with Gasteiger partial charge in [0.2, 0.25) is 0 Å². The fraction of sp³-hybridized carbons (Fsp3) is 0.714. The van der Waals surface area contributed by atoms with Crippen LogP contribution in [0.1, 0.15) is 18.9 Å². The molecule has 2 fully saturated rings. The summed E-state index contributed by atoms with van der Waals surface area (Å²) in [7, 11) is 2.17. The molecule has 0 saturated carbocycles. The predicted octanol–water partition coefficient (Wildman–Crippen LogP) is 1.23. The van der Waals surface area contributed by atoms with Gasteiger partial charge in [-0.25, -0.2) is 9.98 Å². The smallest absolute Gasteiger partial charge is 0.191 e. The molecule has 3 heterocycles. The summed E-state index contributed by atoms with van der Waals surface area (Å²) in [6.07, 6.45) is 3.01. The van der Waals surface area contributed by atoms with E-state index in [1.165, 1.54) is 5.56 Å². The van der Waals surface area contributed by atoms with Crippen LogP contribution < -0.4 is 15.5 Å². The van der Waals surface area contributed by atoms with Crippen molar-refractivity contribution in [1.29, 1.82) is 0 Å². The number of aliphatic imine (C=N–C) groups is 1. The third-order valence-electron chi connectivity index (χ3n) is 5.45. The molecule has 2 N–H and O–H groups in total. The lowest BCUT2D eigenvalue weighted by atomic mass is 10.2. The van der Waals surface area contributed by atoms with E-state index in [4.69, 9.17) is 9.73 Å². The lowest BCUT2D eigenvalue weighted by molar-refractivity contribution is 0.0376. The van der Waals surface area contributed by atoms with Gasteiger partial charge in [0.25, 0.3) is 0 Å². The Kier molecular flexibility index (Phi) is 11.7. The highest BCUT2D eigenvalue weighted by molar-refractivity contribution is 14.0. The molecule has 0 bridgehead atoms. The van der Waals surface area contributed by atoms with E-state index < -0.39 is 0 Å². The number of hydrogen-bond donors (Lipinski definition) is 2. The number of likely N-dealkylation sites (N-methyl/N-ethyl adjacent to an activating group) is 1. The molecule has 0 radical (unpaired) electrons. The highest BCUT2D eigenvalue weighted by atomic mass is 127. The van der Waals surface area contributed by atoms with Gasteiger partial charge in [0, 0.05) is 58.6 Å². The third-order valence-corrected chi connectivity index (χ3v) is 5.45. The summed E-state index contributed by atoms with van der Waals surface area (Å²) in [5.74, 6) is 1.95. The lowest BCUT2D eigenvalue weighted by Gasteiger charge is -2.33. The standard InChI is InChI=1S/C21H37N7O.HI/c1-3-22-21(24-6-4-8-27-13-15-29-16-14-27)25-18-19-5-7-23-20(17-19)28-11-9-26(2)10-12-28;/h5,7,17H,3-4,6,8-16,18H2,1-2H3,(H2,22,24,25);1H. The summed E-state index contributed by atoms with van der Waals surface area (Å²) in [5, 5.41) is 6.81. The molecule has 8 nitrogen and oxygen atoms in total. The molecule has 2 aliphatic heterocycles. The van der Waals surface area contributed by atoms with E-state index in [1.807, 2.05) is 6.20 Å². The maximum atomic E-state index is 5.41. The molecule has 0 aromatic carbocycles. The number of morpholine rings is 1. The molecule has 0 amide bonds. The minimum absolute atomic E-state index is 0. The van der Waals surface area contributed by atoms with Crippen LogP contribution in [-0.2, 0) is 11.3 Å². The molecular weight excluding hydrogens is 493 g/mol. The number of nitrogens with one attached hydrogen (secondary N) is 2. The monoisotopic (exact) mass is 531 g/mol. The Hall–Kier alpha value is -1.17. The van der Waals surface area contributed by atoms with E-state index in [2.05, 4.69) is 56.4 Å². The number of piperazine rings is 1. The fourth-order valence-electron chi connectivity index (χ4n) is 3.61. The first-order chi connectivity index (χ1) is 14.2. The summed E-state index contributed by atoms with van der Waals surface area (Å²) in [6, 6.07) is 4.24. The average molecular weight is 531 g/mol. The number of ether oxygens (including phenoxy) is 1. The molecule has 0 spiro atoms. The van der Waals surface area contributed by atoms with E-state index in [-0.39, 0.29) is 24.0 Å². The molecule has 9 heteroatoms. The first-order valence-corrected chi connectivity index (χ1v) is 11.0. The van der Waals surface area contributed by atoms with Crippen LogP contribution in [-0.4, -0.2) is 99.9 Å². The number of aromatic nitrogens is 1. The molecule has 0 aliphatic carbocycles. The van der Waals surface area contributed by atoms with E-state index in [0.29, 0.717) is 6.54 Å². The zero-order valence-electron chi connectivity index (χ0n) is 18.5. The van der Waals surface area contributed by atoms with Gasteiger partial charge in [-0.05, 0) is 44.6 Å². The SMILES string of the molecule is CCNC(=NCc1ccnc(N2CCN(C)CC2)c1)NCCCN1CCOCC1.I. The summed E-state index contributed by atoms with van der Waals surface area (Å²) in [4.78, 5) is 16.5. The van der Waals surface area contributed by atoms with Crippen molar-refractivity contribution in [2.45, 2.75) is 19.9 Å². The number of nitrogens with zero attached hydrogens (tertiary/aromatic N) is 5. The maximum Gasteiger partial charge on any atom is 0.191 e. The zero-order valence-corrected chi connectivity index (χ0v) is 20.8. The molecule has 1 aromatic rings. The molecule has 0 atom stereocenters. The molecule has 1 aromatic heterocycles. The number of anilines is 1. The van der Waals surface area contributed by atoms with Gasteiger partial charge in [0.05, 0.1) is 19.8 Å². The van der Waals surface area contributed by atoms with Crippen molar-refractivity contribution in [3.05, 3.63) is 23.9 Å².